The molecule has 5 nitrogen and oxygen atoms in total. The number of rotatable bonds is 3. The lowest BCUT2D eigenvalue weighted by Crippen LogP contribution is -2.19. The van der Waals surface area contributed by atoms with Crippen LogP contribution in [0, 0.1) is 6.92 Å². The Morgan fingerprint density at radius 2 is 2.25 bits per heavy atom. The zero-order valence-electron chi connectivity index (χ0n) is 11.1. The van der Waals surface area contributed by atoms with E-state index in [1.807, 2.05) is 6.92 Å². The van der Waals surface area contributed by atoms with E-state index in [4.69, 9.17) is 17.3 Å². The van der Waals surface area contributed by atoms with Crippen LogP contribution in [0.1, 0.15) is 23.1 Å². The Kier molecular flexibility index (Phi) is 4.35. The van der Waals surface area contributed by atoms with Gasteiger partial charge in [0.25, 0.3) is 5.91 Å². The van der Waals surface area contributed by atoms with Gasteiger partial charge in [-0.3, -0.25) is 9.48 Å². The van der Waals surface area contributed by atoms with Crippen LogP contribution in [-0.4, -0.2) is 15.7 Å². The number of aromatic nitrogens is 2. The first kappa shape index (κ1) is 14.9. The number of amides is 1. The molecule has 1 heterocycles. The van der Waals surface area contributed by atoms with Crippen LogP contribution in [0.4, 0.5) is 11.4 Å². The fourth-order valence-electron chi connectivity index (χ4n) is 1.84. The highest BCUT2D eigenvalue weighted by Gasteiger charge is 2.19. The number of nitrogens with zero attached hydrogens (tertiary/aromatic N) is 2. The topological polar surface area (TPSA) is 72.9 Å². The van der Waals surface area contributed by atoms with Crippen molar-refractivity contribution in [2.45, 2.75) is 20.4 Å². The Labute approximate surface area is 130 Å². The summed E-state index contributed by atoms with van der Waals surface area (Å²) in [6.07, 6.45) is 0. The quantitative estimate of drug-likeness (QED) is 0.883. The van der Waals surface area contributed by atoms with Crippen molar-refractivity contribution in [1.29, 1.82) is 0 Å². The van der Waals surface area contributed by atoms with Crippen molar-refractivity contribution in [3.63, 3.8) is 0 Å². The molecule has 2 rings (SSSR count). The van der Waals surface area contributed by atoms with Crippen LogP contribution >= 0.6 is 27.5 Å². The molecule has 1 aromatic heterocycles. The van der Waals surface area contributed by atoms with Gasteiger partial charge < -0.3 is 11.1 Å². The lowest BCUT2D eigenvalue weighted by Gasteiger charge is -2.09. The molecule has 0 unspecified atom stereocenters. The minimum Gasteiger partial charge on any atom is -0.395 e. The zero-order valence-corrected chi connectivity index (χ0v) is 13.4. The van der Waals surface area contributed by atoms with Gasteiger partial charge in [-0.2, -0.15) is 5.10 Å². The molecule has 0 aliphatic rings. The summed E-state index contributed by atoms with van der Waals surface area (Å²) in [7, 11) is 0. The smallest absolute Gasteiger partial charge is 0.276 e. The van der Waals surface area contributed by atoms with Crippen LogP contribution in [0.15, 0.2) is 22.7 Å². The van der Waals surface area contributed by atoms with Crippen LogP contribution < -0.4 is 11.1 Å². The number of benzene rings is 1. The monoisotopic (exact) mass is 356 g/mol. The number of nitrogens with two attached hydrogens (primary N) is 1. The summed E-state index contributed by atoms with van der Waals surface area (Å²) < 4.78 is 2.29. The van der Waals surface area contributed by atoms with Crippen molar-refractivity contribution in [2.24, 2.45) is 0 Å². The third-order valence-electron chi connectivity index (χ3n) is 2.87. The molecule has 0 saturated heterocycles. The molecule has 0 atom stereocenters. The summed E-state index contributed by atoms with van der Waals surface area (Å²) >= 11 is 9.22. The number of carbonyl (C=O) groups excluding carboxylic acids is 1. The molecule has 0 spiro atoms. The predicted molar refractivity (Wildman–Crippen MR) is 84.2 cm³/mol. The fourth-order valence-corrected chi connectivity index (χ4v) is 2.62. The Hall–Kier alpha value is -1.53. The van der Waals surface area contributed by atoms with Gasteiger partial charge in [-0.15, -0.1) is 0 Å². The van der Waals surface area contributed by atoms with Gasteiger partial charge in [-0.25, -0.2) is 0 Å². The van der Waals surface area contributed by atoms with Crippen LogP contribution in [-0.2, 0) is 6.54 Å². The van der Waals surface area contributed by atoms with Gasteiger partial charge in [0.2, 0.25) is 0 Å². The molecule has 2 aromatic rings. The highest BCUT2D eigenvalue weighted by Crippen LogP contribution is 2.27. The fraction of sp³-hybridized carbons (Fsp3) is 0.231. The second-order valence-corrected chi connectivity index (χ2v) is 5.53. The molecule has 106 valence electrons. The van der Waals surface area contributed by atoms with E-state index in [0.29, 0.717) is 38.8 Å². The minimum absolute atomic E-state index is 0.298. The maximum absolute atomic E-state index is 12.4. The van der Waals surface area contributed by atoms with Crippen molar-refractivity contribution in [2.75, 3.05) is 11.1 Å². The Morgan fingerprint density at radius 1 is 1.55 bits per heavy atom. The molecule has 20 heavy (non-hydrogen) atoms. The van der Waals surface area contributed by atoms with Crippen LogP contribution in [0.2, 0.25) is 5.02 Å². The molecular formula is C13H14BrClN4O. The summed E-state index contributed by atoms with van der Waals surface area (Å²) in [6, 6.07) is 5.14. The second kappa shape index (κ2) is 5.85. The SMILES string of the molecule is CCn1nc(C)c(N)c1C(=O)Nc1ccc(Cl)cc1Br. The Bertz CT molecular complexity index is 669. The largest absolute Gasteiger partial charge is 0.395 e. The number of aryl methyl sites for hydroxylation is 2. The molecule has 0 saturated carbocycles. The molecule has 1 amide bonds. The van der Waals surface area contributed by atoms with Gasteiger partial charge >= 0.3 is 0 Å². The second-order valence-electron chi connectivity index (χ2n) is 4.24. The Balaban J connectivity index is 2.33. The van der Waals surface area contributed by atoms with Crippen molar-refractivity contribution in [3.05, 3.63) is 39.1 Å². The average Bonchev–Trinajstić information content (AvgIpc) is 2.68. The molecule has 3 N–H and O–H groups in total. The molecule has 0 aliphatic carbocycles. The average molecular weight is 358 g/mol. The van der Waals surface area contributed by atoms with Gasteiger partial charge in [0.1, 0.15) is 5.69 Å². The number of hydrogen-bond acceptors (Lipinski definition) is 3. The maximum Gasteiger partial charge on any atom is 0.276 e. The predicted octanol–water partition coefficient (Wildman–Crippen LogP) is 3.46. The van der Waals surface area contributed by atoms with Crippen LogP contribution in [0.5, 0.6) is 0 Å². The number of nitrogens with one attached hydrogen (secondary N) is 1. The van der Waals surface area contributed by atoms with Crippen molar-refractivity contribution >= 4 is 44.8 Å². The van der Waals surface area contributed by atoms with E-state index < -0.39 is 0 Å². The van der Waals surface area contributed by atoms with Crippen molar-refractivity contribution in [3.8, 4) is 0 Å². The first-order valence-corrected chi connectivity index (χ1v) is 7.20. The first-order chi connectivity index (χ1) is 9.43. The number of halogens is 2. The van der Waals surface area contributed by atoms with Gasteiger partial charge in [0.05, 0.1) is 17.1 Å². The van der Waals surface area contributed by atoms with E-state index in [1.54, 1.807) is 29.8 Å². The highest BCUT2D eigenvalue weighted by molar-refractivity contribution is 9.10. The summed E-state index contributed by atoms with van der Waals surface area (Å²) in [5.41, 5.74) is 7.95. The zero-order chi connectivity index (χ0) is 14.9. The number of hydrogen-bond donors (Lipinski definition) is 2. The molecule has 0 bridgehead atoms. The normalized spacial score (nSPS) is 10.6. The summed E-state index contributed by atoms with van der Waals surface area (Å²) in [5, 5.41) is 7.61. The third-order valence-corrected chi connectivity index (χ3v) is 3.76. The molecule has 0 fully saturated rings. The van der Waals surface area contributed by atoms with Gasteiger partial charge in [-0.05, 0) is 48.0 Å². The maximum atomic E-state index is 12.4. The van der Waals surface area contributed by atoms with E-state index in [9.17, 15) is 4.79 Å². The van der Waals surface area contributed by atoms with Crippen molar-refractivity contribution in [1.82, 2.24) is 9.78 Å². The number of nitrogen functional groups attached to an aromatic ring is 1. The third kappa shape index (κ3) is 2.81. The molecule has 0 aliphatic heterocycles. The summed E-state index contributed by atoms with van der Waals surface area (Å²) in [4.78, 5) is 12.4. The number of anilines is 2. The van der Waals surface area contributed by atoms with E-state index >= 15 is 0 Å². The lowest BCUT2D eigenvalue weighted by molar-refractivity contribution is 0.101. The summed E-state index contributed by atoms with van der Waals surface area (Å²) in [5.74, 6) is -0.298. The van der Waals surface area contributed by atoms with E-state index in [-0.39, 0.29) is 5.91 Å². The molecule has 1 aromatic carbocycles. The van der Waals surface area contributed by atoms with Gasteiger partial charge in [0, 0.05) is 16.0 Å². The van der Waals surface area contributed by atoms with Gasteiger partial charge in [-0.1, -0.05) is 11.6 Å². The van der Waals surface area contributed by atoms with Crippen molar-refractivity contribution < 1.29 is 4.79 Å². The van der Waals surface area contributed by atoms with E-state index in [2.05, 4.69) is 26.3 Å². The van der Waals surface area contributed by atoms with Crippen LogP contribution in [0.3, 0.4) is 0 Å². The molecule has 0 radical (unpaired) electrons. The molecular weight excluding hydrogens is 344 g/mol. The van der Waals surface area contributed by atoms with E-state index in [0.717, 1.165) is 0 Å². The van der Waals surface area contributed by atoms with E-state index in [1.165, 1.54) is 0 Å². The Morgan fingerprint density at radius 3 is 2.85 bits per heavy atom. The summed E-state index contributed by atoms with van der Waals surface area (Å²) in [6.45, 7) is 4.25. The standard InChI is InChI=1S/C13H14BrClN4O/c1-3-19-12(11(16)7(2)18-19)13(20)17-10-5-4-8(15)6-9(10)14/h4-6H,3,16H2,1-2H3,(H,17,20). The first-order valence-electron chi connectivity index (χ1n) is 6.03. The highest BCUT2D eigenvalue weighted by atomic mass is 79.9. The number of carbonyl (C=O) groups is 1. The van der Waals surface area contributed by atoms with Gasteiger partial charge in [0.15, 0.2) is 0 Å². The minimum atomic E-state index is -0.298. The molecule has 7 heteroatoms. The van der Waals surface area contributed by atoms with Crippen LogP contribution in [0.25, 0.3) is 0 Å². The lowest BCUT2D eigenvalue weighted by atomic mass is 10.2.